The average molecular weight is 350 g/mol. The summed E-state index contributed by atoms with van der Waals surface area (Å²) >= 11 is 0. The van der Waals surface area contributed by atoms with E-state index in [4.69, 9.17) is 5.73 Å². The fraction of sp³-hybridized carbons (Fsp3) is 0.333. The Morgan fingerprint density at radius 2 is 1.83 bits per heavy atom. The summed E-state index contributed by atoms with van der Waals surface area (Å²) in [6.07, 6.45) is 2.46. The summed E-state index contributed by atoms with van der Waals surface area (Å²) in [7, 11) is 1.78. The Labute approximate surface area is 148 Å². The standard InChI is InChI=1S/C18H23N3O2.ClH/c1-14(22)16-12-17(20(2)13-16)18(23)21(11-9-19)10-8-15-6-4-3-5-7-15;/h3-7,12-13H,8-11,19H2,1-2H3;1H. The lowest BCUT2D eigenvalue weighted by Gasteiger charge is -2.22. The minimum Gasteiger partial charge on any atom is -0.346 e. The molecular formula is C18H24ClN3O2. The Balaban J connectivity index is 0.00000288. The number of ketones is 1. The molecule has 0 unspecified atom stereocenters. The van der Waals surface area contributed by atoms with Crippen LogP contribution in [0.25, 0.3) is 0 Å². The van der Waals surface area contributed by atoms with Crippen LogP contribution < -0.4 is 5.73 Å². The van der Waals surface area contributed by atoms with Crippen LogP contribution in [0.2, 0.25) is 0 Å². The fourth-order valence-corrected chi connectivity index (χ4v) is 2.51. The number of benzene rings is 1. The first kappa shape index (κ1) is 19.9. The summed E-state index contributed by atoms with van der Waals surface area (Å²) in [5.74, 6) is -0.143. The lowest BCUT2D eigenvalue weighted by molar-refractivity contribution is 0.0752. The van der Waals surface area contributed by atoms with Gasteiger partial charge in [-0.2, -0.15) is 0 Å². The molecule has 0 radical (unpaired) electrons. The highest BCUT2D eigenvalue weighted by Gasteiger charge is 2.19. The Kier molecular flexibility index (Phi) is 7.68. The minimum atomic E-state index is -0.0959. The number of halogens is 1. The fourth-order valence-electron chi connectivity index (χ4n) is 2.51. The molecule has 0 saturated carbocycles. The lowest BCUT2D eigenvalue weighted by Crippen LogP contribution is -2.37. The Morgan fingerprint density at radius 1 is 1.17 bits per heavy atom. The largest absolute Gasteiger partial charge is 0.346 e. The molecule has 0 bridgehead atoms. The van der Waals surface area contributed by atoms with E-state index in [0.717, 1.165) is 6.42 Å². The van der Waals surface area contributed by atoms with Gasteiger partial charge in [-0.1, -0.05) is 30.3 Å². The van der Waals surface area contributed by atoms with Crippen molar-refractivity contribution in [3.05, 3.63) is 59.4 Å². The predicted molar refractivity (Wildman–Crippen MR) is 97.8 cm³/mol. The van der Waals surface area contributed by atoms with E-state index in [9.17, 15) is 9.59 Å². The molecule has 5 nitrogen and oxygen atoms in total. The van der Waals surface area contributed by atoms with Gasteiger partial charge in [0.2, 0.25) is 0 Å². The molecule has 2 N–H and O–H groups in total. The van der Waals surface area contributed by atoms with Crippen LogP contribution in [0.1, 0.15) is 33.3 Å². The second-order valence-corrected chi connectivity index (χ2v) is 5.60. The minimum absolute atomic E-state index is 0. The number of carbonyl (C=O) groups excluding carboxylic acids is 2. The molecule has 2 aromatic rings. The molecule has 0 fully saturated rings. The molecule has 6 heteroatoms. The van der Waals surface area contributed by atoms with Crippen molar-refractivity contribution in [2.75, 3.05) is 19.6 Å². The highest BCUT2D eigenvalue weighted by molar-refractivity contribution is 5.99. The van der Waals surface area contributed by atoms with Gasteiger partial charge in [0, 0.05) is 38.4 Å². The number of hydrogen-bond donors (Lipinski definition) is 1. The van der Waals surface area contributed by atoms with Gasteiger partial charge in [0.15, 0.2) is 5.78 Å². The Morgan fingerprint density at radius 3 is 2.38 bits per heavy atom. The summed E-state index contributed by atoms with van der Waals surface area (Å²) in [5.41, 5.74) is 7.89. The van der Waals surface area contributed by atoms with E-state index in [0.29, 0.717) is 30.9 Å². The molecule has 0 saturated heterocycles. The highest BCUT2D eigenvalue weighted by atomic mass is 35.5. The summed E-state index contributed by atoms with van der Waals surface area (Å²) in [4.78, 5) is 26.0. The molecule has 1 aromatic heterocycles. The quantitative estimate of drug-likeness (QED) is 0.780. The zero-order valence-electron chi connectivity index (χ0n) is 14.1. The monoisotopic (exact) mass is 349 g/mol. The van der Waals surface area contributed by atoms with Crippen molar-refractivity contribution in [2.24, 2.45) is 12.8 Å². The average Bonchev–Trinajstić information content (AvgIpc) is 2.94. The summed E-state index contributed by atoms with van der Waals surface area (Å²) in [6.45, 7) is 2.99. The van der Waals surface area contributed by atoms with E-state index < -0.39 is 0 Å². The first-order valence-electron chi connectivity index (χ1n) is 7.73. The van der Waals surface area contributed by atoms with Crippen LogP contribution in [0.3, 0.4) is 0 Å². The third-order valence-electron chi connectivity index (χ3n) is 3.83. The van der Waals surface area contributed by atoms with E-state index >= 15 is 0 Å². The van der Waals surface area contributed by atoms with Crippen LogP contribution in [-0.2, 0) is 13.5 Å². The molecule has 1 heterocycles. The van der Waals surface area contributed by atoms with Crippen LogP contribution in [0.5, 0.6) is 0 Å². The number of Topliss-reactive ketones (excluding diaryl/α,β-unsaturated/α-hetero) is 1. The summed E-state index contributed by atoms with van der Waals surface area (Å²) < 4.78 is 1.70. The van der Waals surface area contributed by atoms with Crippen LogP contribution in [0.4, 0.5) is 0 Å². The number of nitrogens with two attached hydrogens (primary N) is 1. The van der Waals surface area contributed by atoms with Gasteiger partial charge >= 0.3 is 0 Å². The van der Waals surface area contributed by atoms with Gasteiger partial charge < -0.3 is 15.2 Å². The van der Waals surface area contributed by atoms with Gasteiger partial charge in [0.1, 0.15) is 5.69 Å². The van der Waals surface area contributed by atoms with Crippen molar-refractivity contribution in [3.63, 3.8) is 0 Å². The van der Waals surface area contributed by atoms with E-state index in [1.54, 1.807) is 28.8 Å². The van der Waals surface area contributed by atoms with Gasteiger partial charge in [-0.3, -0.25) is 9.59 Å². The molecule has 0 aliphatic rings. The lowest BCUT2D eigenvalue weighted by atomic mass is 10.1. The van der Waals surface area contributed by atoms with Gasteiger partial charge in [0.25, 0.3) is 5.91 Å². The van der Waals surface area contributed by atoms with Gasteiger partial charge in [-0.25, -0.2) is 0 Å². The molecular weight excluding hydrogens is 326 g/mol. The van der Waals surface area contributed by atoms with Crippen molar-refractivity contribution in [2.45, 2.75) is 13.3 Å². The topological polar surface area (TPSA) is 68.3 Å². The molecule has 1 aromatic carbocycles. The first-order chi connectivity index (χ1) is 11.0. The zero-order valence-corrected chi connectivity index (χ0v) is 14.9. The molecule has 24 heavy (non-hydrogen) atoms. The normalized spacial score (nSPS) is 10.1. The number of aromatic nitrogens is 1. The highest BCUT2D eigenvalue weighted by Crippen LogP contribution is 2.12. The number of carbonyl (C=O) groups is 2. The first-order valence-corrected chi connectivity index (χ1v) is 7.73. The summed E-state index contributed by atoms with van der Waals surface area (Å²) in [6, 6.07) is 11.7. The number of hydrogen-bond acceptors (Lipinski definition) is 3. The second-order valence-electron chi connectivity index (χ2n) is 5.60. The summed E-state index contributed by atoms with van der Waals surface area (Å²) in [5, 5.41) is 0. The Bertz CT molecular complexity index is 683. The van der Waals surface area contributed by atoms with Gasteiger partial charge in [-0.05, 0) is 25.0 Å². The third kappa shape index (κ3) is 4.94. The van der Waals surface area contributed by atoms with E-state index in [-0.39, 0.29) is 24.1 Å². The number of nitrogens with zero attached hydrogens (tertiary/aromatic N) is 2. The second kappa shape index (κ2) is 9.25. The third-order valence-corrected chi connectivity index (χ3v) is 3.83. The van der Waals surface area contributed by atoms with E-state index in [1.807, 2.05) is 30.3 Å². The van der Waals surface area contributed by atoms with Crippen LogP contribution in [0, 0.1) is 0 Å². The van der Waals surface area contributed by atoms with Crippen LogP contribution in [0.15, 0.2) is 42.6 Å². The molecule has 0 spiro atoms. The van der Waals surface area contributed by atoms with Gasteiger partial charge in [-0.15, -0.1) is 12.4 Å². The maximum absolute atomic E-state index is 12.8. The van der Waals surface area contributed by atoms with Crippen LogP contribution >= 0.6 is 12.4 Å². The number of amides is 1. The van der Waals surface area contributed by atoms with E-state index in [1.165, 1.54) is 12.5 Å². The van der Waals surface area contributed by atoms with Crippen LogP contribution in [-0.4, -0.2) is 40.8 Å². The molecule has 0 aliphatic heterocycles. The van der Waals surface area contributed by atoms with Crippen molar-refractivity contribution in [3.8, 4) is 0 Å². The van der Waals surface area contributed by atoms with Crippen molar-refractivity contribution >= 4 is 24.1 Å². The predicted octanol–water partition coefficient (Wildman–Crippen LogP) is 2.29. The maximum atomic E-state index is 12.8. The molecule has 2 rings (SSSR count). The van der Waals surface area contributed by atoms with E-state index in [2.05, 4.69) is 0 Å². The molecule has 1 amide bonds. The number of rotatable bonds is 7. The van der Waals surface area contributed by atoms with Crippen molar-refractivity contribution in [1.29, 1.82) is 0 Å². The Hall–Kier alpha value is -2.11. The smallest absolute Gasteiger partial charge is 0.270 e. The molecule has 0 aliphatic carbocycles. The van der Waals surface area contributed by atoms with Gasteiger partial charge in [0.05, 0.1) is 0 Å². The van der Waals surface area contributed by atoms with Crippen molar-refractivity contribution < 1.29 is 9.59 Å². The zero-order chi connectivity index (χ0) is 16.8. The SMILES string of the molecule is CC(=O)c1cc(C(=O)N(CCN)CCc2ccccc2)n(C)c1.Cl. The molecule has 0 atom stereocenters. The maximum Gasteiger partial charge on any atom is 0.270 e. The number of aryl methyl sites for hydroxylation is 1. The van der Waals surface area contributed by atoms with Crippen molar-refractivity contribution in [1.82, 2.24) is 9.47 Å². The molecule has 130 valence electrons.